The molecule has 232 valence electrons. The second-order valence-corrected chi connectivity index (χ2v) is 14.0. The number of fused-ring (bicyclic) bond motifs is 1. The van der Waals surface area contributed by atoms with Crippen LogP contribution in [0, 0.1) is 53.3 Å². The molecule has 0 spiro atoms. The molecule has 2 rings (SSSR count). The van der Waals surface area contributed by atoms with Crippen LogP contribution in [-0.2, 0) is 9.53 Å². The summed E-state index contributed by atoms with van der Waals surface area (Å²) < 4.78 is 6.01. The van der Waals surface area contributed by atoms with E-state index in [4.69, 9.17) is 10.00 Å². The van der Waals surface area contributed by atoms with Crippen molar-refractivity contribution < 1.29 is 9.53 Å². The summed E-state index contributed by atoms with van der Waals surface area (Å²) in [5.41, 5.74) is 0. The number of allylic oxidation sites excluding steroid dienone is 1. The van der Waals surface area contributed by atoms with E-state index >= 15 is 0 Å². The Bertz CT molecular complexity index is 683. The predicted molar refractivity (Wildman–Crippen MR) is 172 cm³/mol. The molecule has 1 fully saturated rings. The molecule has 3 nitrogen and oxygen atoms in total. The van der Waals surface area contributed by atoms with Crippen LogP contribution in [0.1, 0.15) is 164 Å². The van der Waals surface area contributed by atoms with Crippen molar-refractivity contribution in [3.05, 3.63) is 12.2 Å². The molecule has 0 N–H and O–H groups in total. The number of esters is 1. The Labute approximate surface area is 250 Å². The van der Waals surface area contributed by atoms with Crippen molar-refractivity contribution in [1.82, 2.24) is 0 Å². The Balaban J connectivity index is 0.00000391. The number of nitrogens with zero attached hydrogens (tertiary/aromatic N) is 1. The fourth-order valence-corrected chi connectivity index (χ4v) is 7.67. The SMILES string of the molecule is C#N.CCCCCCCCC(=O)O[C@@H]1C/C=C/C[C@H]2CCC[C@H]([C@H](C)CCCC(C)C)[C@@H](C)CC[C@@H]2[C@@H](C)CC1. The maximum Gasteiger partial charge on any atom is 0.306 e. The van der Waals surface area contributed by atoms with Gasteiger partial charge in [-0.3, -0.25) is 4.79 Å². The molecule has 0 aromatic rings. The fraction of sp³-hybridized carbons (Fsp3) is 0.892. The molecule has 40 heavy (non-hydrogen) atoms. The Morgan fingerprint density at radius 3 is 2.23 bits per heavy atom. The number of hydrogen-bond donors (Lipinski definition) is 0. The largest absolute Gasteiger partial charge is 0.462 e. The van der Waals surface area contributed by atoms with Gasteiger partial charge in [-0.15, -0.1) is 0 Å². The summed E-state index contributed by atoms with van der Waals surface area (Å²) in [6.45, 7) is 18.1. The van der Waals surface area contributed by atoms with Crippen molar-refractivity contribution in [3.8, 4) is 6.57 Å². The maximum absolute atomic E-state index is 12.6. The van der Waals surface area contributed by atoms with Crippen LogP contribution >= 0.6 is 0 Å². The van der Waals surface area contributed by atoms with Crippen molar-refractivity contribution >= 4 is 5.97 Å². The summed E-state index contributed by atoms with van der Waals surface area (Å²) in [5.74, 6) is 5.84. The number of unbranched alkanes of at least 4 members (excludes halogenated alkanes) is 5. The number of carbonyl (C=O) groups excluding carboxylic acids is 1. The molecule has 0 saturated heterocycles. The zero-order chi connectivity index (χ0) is 29.8. The highest BCUT2D eigenvalue weighted by molar-refractivity contribution is 5.69. The van der Waals surface area contributed by atoms with E-state index in [0.717, 1.165) is 67.1 Å². The number of hydrogen-bond acceptors (Lipinski definition) is 3. The topological polar surface area (TPSA) is 50.1 Å². The van der Waals surface area contributed by atoms with E-state index < -0.39 is 0 Å². The van der Waals surface area contributed by atoms with Gasteiger partial charge in [0.15, 0.2) is 0 Å². The first-order valence-electron chi connectivity index (χ1n) is 17.4. The van der Waals surface area contributed by atoms with Crippen molar-refractivity contribution in [3.63, 3.8) is 0 Å². The van der Waals surface area contributed by atoms with Gasteiger partial charge < -0.3 is 4.74 Å². The van der Waals surface area contributed by atoms with E-state index in [1.165, 1.54) is 89.9 Å². The van der Waals surface area contributed by atoms with Crippen molar-refractivity contribution in [1.29, 1.82) is 5.26 Å². The van der Waals surface area contributed by atoms with Crippen LogP contribution in [0.15, 0.2) is 12.2 Å². The maximum atomic E-state index is 12.6. The highest BCUT2D eigenvalue weighted by Crippen LogP contribution is 2.42. The monoisotopic (exact) mass is 558 g/mol. The van der Waals surface area contributed by atoms with E-state index in [9.17, 15) is 4.79 Å². The Kier molecular flexibility index (Phi) is 20.5. The lowest BCUT2D eigenvalue weighted by molar-refractivity contribution is -0.149. The molecular formula is C37H67NO2. The molecule has 0 aromatic heterocycles. The van der Waals surface area contributed by atoms with Gasteiger partial charge in [-0.05, 0) is 86.4 Å². The van der Waals surface area contributed by atoms with Gasteiger partial charge in [-0.25, -0.2) is 5.26 Å². The van der Waals surface area contributed by atoms with E-state index in [1.54, 1.807) is 0 Å². The lowest BCUT2D eigenvalue weighted by Gasteiger charge is -2.34. The Morgan fingerprint density at radius 1 is 0.825 bits per heavy atom. The zero-order valence-electron chi connectivity index (χ0n) is 27.5. The van der Waals surface area contributed by atoms with Crippen LogP contribution in [0.2, 0.25) is 0 Å². The zero-order valence-corrected chi connectivity index (χ0v) is 27.5. The van der Waals surface area contributed by atoms with Crippen LogP contribution in [-0.4, -0.2) is 12.1 Å². The van der Waals surface area contributed by atoms with Gasteiger partial charge in [-0.2, -0.15) is 0 Å². The first-order valence-corrected chi connectivity index (χ1v) is 17.4. The summed E-state index contributed by atoms with van der Waals surface area (Å²) in [7, 11) is 0. The first-order chi connectivity index (χ1) is 19.3. The lowest BCUT2D eigenvalue weighted by atomic mass is 9.72. The average Bonchev–Trinajstić information content (AvgIpc) is 3.01. The molecule has 0 heterocycles. The van der Waals surface area contributed by atoms with E-state index in [0.29, 0.717) is 6.42 Å². The quantitative estimate of drug-likeness (QED) is 0.128. The van der Waals surface area contributed by atoms with Gasteiger partial charge in [0, 0.05) is 19.4 Å². The number of rotatable bonds is 13. The van der Waals surface area contributed by atoms with Crippen LogP contribution in [0.4, 0.5) is 0 Å². The minimum absolute atomic E-state index is 0.0336. The molecule has 0 aliphatic heterocycles. The summed E-state index contributed by atoms with van der Waals surface area (Å²) in [4.78, 5) is 12.6. The second-order valence-electron chi connectivity index (χ2n) is 14.0. The number of carbonyl (C=O) groups is 1. The van der Waals surface area contributed by atoms with Crippen molar-refractivity contribution in [2.24, 2.45) is 41.4 Å². The van der Waals surface area contributed by atoms with Gasteiger partial charge in [-0.1, -0.05) is 118 Å². The average molecular weight is 558 g/mol. The van der Waals surface area contributed by atoms with E-state index in [1.807, 2.05) is 0 Å². The molecule has 2 aliphatic rings. The molecular weight excluding hydrogens is 490 g/mol. The van der Waals surface area contributed by atoms with Gasteiger partial charge in [0.05, 0.1) is 0 Å². The smallest absolute Gasteiger partial charge is 0.306 e. The number of nitriles is 1. The molecule has 0 amide bonds. The highest BCUT2D eigenvalue weighted by atomic mass is 16.5. The molecule has 7 atom stereocenters. The summed E-state index contributed by atoms with van der Waals surface area (Å²) in [5, 5.41) is 6.50. The Morgan fingerprint density at radius 2 is 1.50 bits per heavy atom. The molecule has 1 saturated carbocycles. The third kappa shape index (κ3) is 15.1. The summed E-state index contributed by atoms with van der Waals surface area (Å²) >= 11 is 0. The van der Waals surface area contributed by atoms with Crippen LogP contribution < -0.4 is 0 Å². The third-order valence-electron chi connectivity index (χ3n) is 10.3. The minimum atomic E-state index is 0.0336. The predicted octanol–water partition coefficient (Wildman–Crippen LogP) is 11.5. The van der Waals surface area contributed by atoms with Crippen LogP contribution in [0.5, 0.6) is 0 Å². The van der Waals surface area contributed by atoms with Crippen LogP contribution in [0.3, 0.4) is 0 Å². The summed E-state index contributed by atoms with van der Waals surface area (Å²) in [6.07, 6.45) is 28.3. The minimum Gasteiger partial charge on any atom is -0.462 e. The van der Waals surface area contributed by atoms with E-state index in [2.05, 4.69) is 60.3 Å². The number of ether oxygens (including phenoxy) is 1. The Hall–Kier alpha value is -1.30. The van der Waals surface area contributed by atoms with Gasteiger partial charge in [0.25, 0.3) is 0 Å². The van der Waals surface area contributed by atoms with Gasteiger partial charge >= 0.3 is 5.97 Å². The second kappa shape index (κ2) is 22.3. The highest BCUT2D eigenvalue weighted by Gasteiger charge is 2.32. The first kappa shape index (κ1) is 36.7. The fourth-order valence-electron chi connectivity index (χ4n) is 7.67. The third-order valence-corrected chi connectivity index (χ3v) is 10.3. The van der Waals surface area contributed by atoms with Crippen molar-refractivity contribution in [2.75, 3.05) is 0 Å². The van der Waals surface area contributed by atoms with Crippen LogP contribution in [0.25, 0.3) is 0 Å². The molecule has 0 bridgehead atoms. The normalized spacial score (nSPS) is 29.4. The van der Waals surface area contributed by atoms with Gasteiger partial charge in [0.2, 0.25) is 0 Å². The molecule has 0 aromatic carbocycles. The van der Waals surface area contributed by atoms with Crippen molar-refractivity contribution in [2.45, 2.75) is 170 Å². The molecule has 2 aliphatic carbocycles. The summed E-state index contributed by atoms with van der Waals surface area (Å²) in [6, 6.07) is 0. The molecule has 0 unspecified atom stereocenters. The molecule has 0 radical (unpaired) electrons. The lowest BCUT2D eigenvalue weighted by Crippen LogP contribution is -2.26. The van der Waals surface area contributed by atoms with E-state index in [-0.39, 0.29) is 12.1 Å². The van der Waals surface area contributed by atoms with Gasteiger partial charge in [0.1, 0.15) is 6.10 Å². The standard InChI is InChI=1S/C36H66O2.CHN/c1-7-8-9-10-11-12-23-36(37)38-33-21-14-13-19-32-20-16-22-34(29(4)18-15-17-28(2)3)30(5)25-27-35(32)31(6)24-26-33;1-2/h13-14,28-35H,7-12,15-27H2,1-6H3;1H/b14-13+;/t29-,30+,31+,32+,33-,34-,35-;/m1./s1. The molecule has 3 heteroatoms.